The van der Waals surface area contributed by atoms with E-state index in [2.05, 4.69) is 31.2 Å². The quantitative estimate of drug-likeness (QED) is 0.795. The van der Waals surface area contributed by atoms with E-state index >= 15 is 0 Å². The third-order valence-electron chi connectivity index (χ3n) is 5.09. The Kier molecular flexibility index (Phi) is 5.13. The fourth-order valence-electron chi connectivity index (χ4n) is 3.89. The van der Waals surface area contributed by atoms with E-state index in [9.17, 15) is 9.59 Å². The maximum atomic E-state index is 12.8. The third-order valence-corrected chi connectivity index (χ3v) is 6.80. The van der Waals surface area contributed by atoms with Gasteiger partial charge in [-0.1, -0.05) is 52.9 Å². The summed E-state index contributed by atoms with van der Waals surface area (Å²) in [5, 5.41) is 6.09. The lowest BCUT2D eigenvalue weighted by Crippen LogP contribution is -2.21. The summed E-state index contributed by atoms with van der Waals surface area (Å²) < 4.78 is 1.98. The van der Waals surface area contributed by atoms with Gasteiger partial charge in [0.2, 0.25) is 5.91 Å². The molecule has 3 rings (SSSR count). The minimum Gasteiger partial charge on any atom is -0.310 e. The van der Waals surface area contributed by atoms with Gasteiger partial charge in [-0.05, 0) is 18.3 Å². The minimum absolute atomic E-state index is 0.00778. The molecule has 1 saturated carbocycles. The first-order valence-electron chi connectivity index (χ1n) is 9.14. The summed E-state index contributed by atoms with van der Waals surface area (Å²) in [5.41, 5.74) is 0.633. The van der Waals surface area contributed by atoms with Crippen molar-refractivity contribution in [2.45, 2.75) is 77.0 Å². The predicted octanol–water partition coefficient (Wildman–Crippen LogP) is 4.23. The SMILES string of the molecule is CC(C)(C)[C@H]1SCC(=O)Nc2c1c(=O)[nH]n2C1CCCCCCC1. The largest absolute Gasteiger partial charge is 0.310 e. The second kappa shape index (κ2) is 6.98. The van der Waals surface area contributed by atoms with E-state index in [1.807, 2.05) is 4.68 Å². The van der Waals surface area contributed by atoms with Gasteiger partial charge >= 0.3 is 0 Å². The van der Waals surface area contributed by atoms with Crippen LogP contribution in [0.3, 0.4) is 0 Å². The Morgan fingerprint density at radius 1 is 1.04 bits per heavy atom. The minimum atomic E-state index is -0.0775. The molecule has 1 aromatic heterocycles. The van der Waals surface area contributed by atoms with Crippen LogP contribution in [-0.4, -0.2) is 21.4 Å². The fourth-order valence-corrected chi connectivity index (χ4v) is 5.17. The van der Waals surface area contributed by atoms with Gasteiger partial charge < -0.3 is 5.32 Å². The van der Waals surface area contributed by atoms with Crippen molar-refractivity contribution in [1.29, 1.82) is 0 Å². The Bertz CT molecular complexity index is 648. The molecule has 1 atom stereocenters. The lowest BCUT2D eigenvalue weighted by Gasteiger charge is -2.28. The molecular weight excluding hydrogens is 322 g/mol. The van der Waals surface area contributed by atoms with Crippen LogP contribution >= 0.6 is 11.8 Å². The number of nitrogens with zero attached hydrogens (tertiary/aromatic N) is 1. The average molecular weight is 352 g/mol. The maximum absolute atomic E-state index is 12.8. The fraction of sp³-hybridized carbons (Fsp3) is 0.778. The van der Waals surface area contributed by atoms with Crippen LogP contribution in [0.1, 0.15) is 82.6 Å². The molecule has 1 amide bonds. The molecule has 1 aromatic rings. The number of amides is 1. The molecule has 0 aromatic carbocycles. The van der Waals surface area contributed by atoms with E-state index in [-0.39, 0.29) is 28.2 Å². The molecule has 2 N–H and O–H groups in total. The zero-order chi connectivity index (χ0) is 17.3. The van der Waals surface area contributed by atoms with Crippen LogP contribution in [0.4, 0.5) is 5.82 Å². The van der Waals surface area contributed by atoms with E-state index in [4.69, 9.17) is 0 Å². The lowest BCUT2D eigenvalue weighted by atomic mass is 9.88. The van der Waals surface area contributed by atoms with E-state index in [1.54, 1.807) is 11.8 Å². The molecule has 0 bridgehead atoms. The molecular formula is C18H29N3O2S. The van der Waals surface area contributed by atoms with Crippen molar-refractivity contribution in [3.8, 4) is 0 Å². The Balaban J connectivity index is 2.03. The summed E-state index contributed by atoms with van der Waals surface area (Å²) in [5.74, 6) is 1.12. The van der Waals surface area contributed by atoms with Crippen molar-refractivity contribution >= 4 is 23.5 Å². The second-order valence-corrected chi connectivity index (χ2v) is 9.27. The number of anilines is 1. The molecule has 6 heteroatoms. The number of aromatic nitrogens is 2. The number of H-pyrrole nitrogens is 1. The Morgan fingerprint density at radius 3 is 2.29 bits per heavy atom. The van der Waals surface area contributed by atoms with Crippen LogP contribution in [0, 0.1) is 5.41 Å². The van der Waals surface area contributed by atoms with E-state index in [0.29, 0.717) is 5.75 Å². The number of hydrogen-bond donors (Lipinski definition) is 2. The number of carbonyl (C=O) groups excluding carboxylic acids is 1. The van der Waals surface area contributed by atoms with Gasteiger partial charge in [0.1, 0.15) is 5.82 Å². The van der Waals surface area contributed by atoms with Crippen LogP contribution < -0.4 is 10.9 Å². The molecule has 0 radical (unpaired) electrons. The lowest BCUT2D eigenvalue weighted by molar-refractivity contribution is -0.113. The van der Waals surface area contributed by atoms with Gasteiger partial charge in [0.15, 0.2) is 0 Å². The number of hydrogen-bond acceptors (Lipinski definition) is 3. The number of aromatic amines is 1. The second-order valence-electron chi connectivity index (χ2n) is 8.18. The first kappa shape index (κ1) is 17.6. The predicted molar refractivity (Wildman–Crippen MR) is 99.7 cm³/mol. The van der Waals surface area contributed by atoms with Crippen molar-refractivity contribution in [3.63, 3.8) is 0 Å². The molecule has 24 heavy (non-hydrogen) atoms. The number of nitrogens with one attached hydrogen (secondary N) is 2. The average Bonchev–Trinajstić information content (AvgIpc) is 2.65. The molecule has 0 saturated heterocycles. The molecule has 134 valence electrons. The zero-order valence-corrected chi connectivity index (χ0v) is 15.8. The van der Waals surface area contributed by atoms with Gasteiger partial charge in [0, 0.05) is 5.25 Å². The van der Waals surface area contributed by atoms with Crippen LogP contribution in [0.5, 0.6) is 0 Å². The first-order chi connectivity index (χ1) is 11.4. The van der Waals surface area contributed by atoms with Crippen LogP contribution in [0.2, 0.25) is 0 Å². The molecule has 2 aliphatic rings. The number of rotatable bonds is 1. The highest BCUT2D eigenvalue weighted by molar-refractivity contribution is 8.00. The smallest absolute Gasteiger partial charge is 0.270 e. The number of thioether (sulfide) groups is 1. The summed E-state index contributed by atoms with van der Waals surface area (Å²) in [6.45, 7) is 6.41. The van der Waals surface area contributed by atoms with Crippen molar-refractivity contribution in [3.05, 3.63) is 15.9 Å². The maximum Gasteiger partial charge on any atom is 0.270 e. The Hall–Kier alpha value is -1.17. The highest BCUT2D eigenvalue weighted by atomic mass is 32.2. The van der Waals surface area contributed by atoms with Gasteiger partial charge in [-0.25, -0.2) is 0 Å². The zero-order valence-electron chi connectivity index (χ0n) is 15.0. The molecule has 0 spiro atoms. The van der Waals surface area contributed by atoms with Gasteiger partial charge in [0.05, 0.1) is 17.4 Å². The van der Waals surface area contributed by atoms with Gasteiger partial charge in [-0.2, -0.15) is 0 Å². The molecule has 0 unspecified atom stereocenters. The van der Waals surface area contributed by atoms with E-state index in [0.717, 1.165) is 24.2 Å². The standard InChI is InChI=1S/C18H29N3O2S/c1-18(2,3)15-14-16(19-13(22)11-24-15)21(20-17(14)23)12-9-7-5-4-6-8-10-12/h12,15H,4-11H2,1-3H3,(H,19,22)(H,20,23)/t15-/m0/s1. The van der Waals surface area contributed by atoms with Crippen LogP contribution in [0.25, 0.3) is 0 Å². The van der Waals surface area contributed by atoms with Crippen molar-refractivity contribution < 1.29 is 4.79 Å². The van der Waals surface area contributed by atoms with Crippen LogP contribution in [-0.2, 0) is 4.79 Å². The van der Waals surface area contributed by atoms with Gasteiger partial charge in [0.25, 0.3) is 5.56 Å². The van der Waals surface area contributed by atoms with Crippen LogP contribution in [0.15, 0.2) is 4.79 Å². The molecule has 2 heterocycles. The van der Waals surface area contributed by atoms with Gasteiger partial charge in [-0.3, -0.25) is 19.4 Å². The van der Waals surface area contributed by atoms with E-state index < -0.39 is 0 Å². The van der Waals surface area contributed by atoms with E-state index in [1.165, 1.54) is 32.1 Å². The Morgan fingerprint density at radius 2 is 1.67 bits per heavy atom. The molecule has 1 fully saturated rings. The molecule has 1 aliphatic carbocycles. The summed E-state index contributed by atoms with van der Waals surface area (Å²) in [4.78, 5) is 25.0. The molecule has 5 nitrogen and oxygen atoms in total. The summed E-state index contributed by atoms with van der Waals surface area (Å²) >= 11 is 1.58. The Labute approximate surface area is 147 Å². The van der Waals surface area contributed by atoms with Crippen molar-refractivity contribution in [2.75, 3.05) is 11.1 Å². The van der Waals surface area contributed by atoms with Crippen molar-refractivity contribution in [1.82, 2.24) is 9.78 Å². The molecule has 1 aliphatic heterocycles. The summed E-state index contributed by atoms with van der Waals surface area (Å²) in [7, 11) is 0. The first-order valence-corrected chi connectivity index (χ1v) is 10.2. The normalized spacial score (nSPS) is 23.8. The number of carbonyl (C=O) groups is 1. The highest BCUT2D eigenvalue weighted by Gasteiger charge is 2.37. The van der Waals surface area contributed by atoms with Crippen molar-refractivity contribution in [2.24, 2.45) is 5.41 Å². The summed E-state index contributed by atoms with van der Waals surface area (Å²) in [6.07, 6.45) is 8.34. The monoisotopic (exact) mass is 351 g/mol. The summed E-state index contributed by atoms with van der Waals surface area (Å²) in [6, 6.07) is 0.283. The topological polar surface area (TPSA) is 66.9 Å². The third kappa shape index (κ3) is 3.58. The van der Waals surface area contributed by atoms with Gasteiger partial charge in [-0.15, -0.1) is 11.8 Å². The highest BCUT2D eigenvalue weighted by Crippen LogP contribution is 2.47. The number of fused-ring (bicyclic) bond motifs is 1.